The van der Waals surface area contributed by atoms with Crippen molar-refractivity contribution in [1.82, 2.24) is 15.3 Å². The molecule has 0 unspecified atom stereocenters. The molecule has 7 nitrogen and oxygen atoms in total. The molecule has 0 aliphatic rings. The van der Waals surface area contributed by atoms with E-state index in [-0.39, 0.29) is 17.4 Å². The van der Waals surface area contributed by atoms with Gasteiger partial charge >= 0.3 is 5.97 Å². The lowest BCUT2D eigenvalue weighted by atomic mass is 10.1. The lowest BCUT2D eigenvalue weighted by Crippen LogP contribution is -2.26. The van der Waals surface area contributed by atoms with E-state index in [1.54, 1.807) is 36.4 Å². The molecule has 29 heavy (non-hydrogen) atoms. The van der Waals surface area contributed by atoms with Gasteiger partial charge in [-0.15, -0.1) is 0 Å². The zero-order chi connectivity index (χ0) is 20.6. The summed E-state index contributed by atoms with van der Waals surface area (Å²) in [5.41, 5.74) is 2.27. The molecular formula is C21H19FN4O3. The van der Waals surface area contributed by atoms with Crippen LogP contribution in [0, 0.1) is 5.82 Å². The van der Waals surface area contributed by atoms with Gasteiger partial charge in [-0.05, 0) is 48.4 Å². The Morgan fingerprint density at radius 1 is 1.00 bits per heavy atom. The van der Waals surface area contributed by atoms with Crippen molar-refractivity contribution in [3.05, 3.63) is 83.6 Å². The molecule has 0 saturated carbocycles. The SMILES string of the molecule is COC(=O)c1ccc(Nc2cnc(C(=O)NCCc3ccc(F)cc3)cn2)cc1. The number of ether oxygens (including phenoxy) is 1. The molecule has 3 aromatic rings. The summed E-state index contributed by atoms with van der Waals surface area (Å²) in [7, 11) is 1.32. The summed E-state index contributed by atoms with van der Waals surface area (Å²) in [6, 6.07) is 12.8. The number of esters is 1. The van der Waals surface area contributed by atoms with E-state index in [4.69, 9.17) is 0 Å². The van der Waals surface area contributed by atoms with E-state index in [2.05, 4.69) is 25.3 Å². The maximum absolute atomic E-state index is 12.9. The molecule has 3 rings (SSSR count). The Morgan fingerprint density at radius 2 is 1.72 bits per heavy atom. The third-order valence-electron chi connectivity index (χ3n) is 4.08. The van der Waals surface area contributed by atoms with Gasteiger partial charge in [-0.1, -0.05) is 12.1 Å². The summed E-state index contributed by atoms with van der Waals surface area (Å²) in [4.78, 5) is 31.9. The van der Waals surface area contributed by atoms with Crippen molar-refractivity contribution < 1.29 is 18.7 Å². The average Bonchev–Trinajstić information content (AvgIpc) is 2.75. The number of anilines is 2. The summed E-state index contributed by atoms with van der Waals surface area (Å²) >= 11 is 0. The van der Waals surface area contributed by atoms with Crippen LogP contribution in [0.15, 0.2) is 60.9 Å². The summed E-state index contributed by atoms with van der Waals surface area (Å²) < 4.78 is 17.5. The summed E-state index contributed by atoms with van der Waals surface area (Å²) in [6.07, 6.45) is 3.40. The number of rotatable bonds is 7. The molecule has 2 aromatic carbocycles. The molecule has 1 aromatic heterocycles. The smallest absolute Gasteiger partial charge is 0.337 e. The first-order chi connectivity index (χ1) is 14.0. The predicted molar refractivity (Wildman–Crippen MR) is 106 cm³/mol. The van der Waals surface area contributed by atoms with E-state index < -0.39 is 5.97 Å². The molecule has 0 aliphatic carbocycles. The van der Waals surface area contributed by atoms with Gasteiger partial charge in [0.05, 0.1) is 25.1 Å². The highest BCUT2D eigenvalue weighted by Gasteiger charge is 2.08. The van der Waals surface area contributed by atoms with Crippen LogP contribution < -0.4 is 10.6 Å². The van der Waals surface area contributed by atoms with Gasteiger partial charge in [-0.25, -0.2) is 19.2 Å². The number of halogens is 1. The molecule has 0 bridgehead atoms. The van der Waals surface area contributed by atoms with Crippen LogP contribution in [0.3, 0.4) is 0 Å². The number of benzene rings is 2. The van der Waals surface area contributed by atoms with Crippen molar-refractivity contribution in [2.24, 2.45) is 0 Å². The standard InChI is InChI=1S/C21H19FN4O3/c1-29-21(28)15-4-8-17(9-5-15)26-19-13-24-18(12-25-19)20(27)23-11-10-14-2-6-16(22)7-3-14/h2-9,12-13H,10-11H2,1H3,(H,23,27)(H,25,26). The van der Waals surface area contributed by atoms with Crippen LogP contribution in [0.25, 0.3) is 0 Å². The molecule has 0 atom stereocenters. The minimum Gasteiger partial charge on any atom is -0.465 e. The third-order valence-corrected chi connectivity index (χ3v) is 4.08. The predicted octanol–water partition coefficient (Wildman–Crippen LogP) is 3.12. The van der Waals surface area contributed by atoms with E-state index in [0.717, 1.165) is 5.56 Å². The molecular weight excluding hydrogens is 375 g/mol. The van der Waals surface area contributed by atoms with Gasteiger partial charge < -0.3 is 15.4 Å². The number of nitrogens with zero attached hydrogens (tertiary/aromatic N) is 2. The van der Waals surface area contributed by atoms with Gasteiger partial charge in [0.25, 0.3) is 5.91 Å². The fourth-order valence-corrected chi connectivity index (χ4v) is 2.53. The van der Waals surface area contributed by atoms with Crippen LogP contribution in [-0.2, 0) is 11.2 Å². The molecule has 1 amide bonds. The lowest BCUT2D eigenvalue weighted by Gasteiger charge is -2.08. The van der Waals surface area contributed by atoms with Gasteiger partial charge in [0.1, 0.15) is 17.3 Å². The first-order valence-electron chi connectivity index (χ1n) is 8.85. The van der Waals surface area contributed by atoms with Gasteiger partial charge in [-0.3, -0.25) is 4.79 Å². The zero-order valence-corrected chi connectivity index (χ0v) is 15.7. The second-order valence-corrected chi connectivity index (χ2v) is 6.11. The molecule has 0 fully saturated rings. The molecule has 0 spiro atoms. The maximum atomic E-state index is 12.9. The summed E-state index contributed by atoms with van der Waals surface area (Å²) in [5, 5.41) is 5.79. The second-order valence-electron chi connectivity index (χ2n) is 6.11. The first-order valence-corrected chi connectivity index (χ1v) is 8.85. The highest BCUT2D eigenvalue weighted by Crippen LogP contribution is 2.15. The number of nitrogens with one attached hydrogen (secondary N) is 2. The van der Waals surface area contributed by atoms with E-state index in [0.29, 0.717) is 30.0 Å². The van der Waals surface area contributed by atoms with Crippen LogP contribution in [0.1, 0.15) is 26.4 Å². The summed E-state index contributed by atoms with van der Waals surface area (Å²) in [5.74, 6) is -0.584. The van der Waals surface area contributed by atoms with Crippen molar-refractivity contribution >= 4 is 23.4 Å². The fraction of sp³-hybridized carbons (Fsp3) is 0.143. The molecule has 8 heteroatoms. The van der Waals surface area contributed by atoms with Gasteiger partial charge in [-0.2, -0.15) is 0 Å². The quantitative estimate of drug-likeness (QED) is 0.598. The van der Waals surface area contributed by atoms with E-state index in [1.165, 1.54) is 31.6 Å². The third kappa shape index (κ3) is 5.58. The highest BCUT2D eigenvalue weighted by molar-refractivity contribution is 5.92. The van der Waals surface area contributed by atoms with E-state index in [1.807, 2.05) is 0 Å². The number of methoxy groups -OCH3 is 1. The van der Waals surface area contributed by atoms with Crippen molar-refractivity contribution in [2.45, 2.75) is 6.42 Å². The Hall–Kier alpha value is -3.81. The zero-order valence-electron chi connectivity index (χ0n) is 15.7. The number of hydrogen-bond donors (Lipinski definition) is 2. The largest absolute Gasteiger partial charge is 0.465 e. The normalized spacial score (nSPS) is 10.3. The Bertz CT molecular complexity index is 974. The van der Waals surface area contributed by atoms with Crippen molar-refractivity contribution in [3.63, 3.8) is 0 Å². The van der Waals surface area contributed by atoms with E-state index in [9.17, 15) is 14.0 Å². The minimum absolute atomic E-state index is 0.190. The Kier molecular flexibility index (Phi) is 6.47. The Labute approximate surface area is 167 Å². The number of carbonyl (C=O) groups excluding carboxylic acids is 2. The highest BCUT2D eigenvalue weighted by atomic mass is 19.1. The van der Waals surface area contributed by atoms with Crippen molar-refractivity contribution in [1.29, 1.82) is 0 Å². The Balaban J connectivity index is 1.51. The molecule has 148 valence electrons. The van der Waals surface area contributed by atoms with Crippen LogP contribution in [0.5, 0.6) is 0 Å². The van der Waals surface area contributed by atoms with Crippen LogP contribution >= 0.6 is 0 Å². The molecule has 0 radical (unpaired) electrons. The molecule has 0 aliphatic heterocycles. The summed E-state index contributed by atoms with van der Waals surface area (Å²) in [6.45, 7) is 0.401. The number of amides is 1. The fourth-order valence-electron chi connectivity index (χ4n) is 2.53. The van der Waals surface area contributed by atoms with Crippen LogP contribution in [0.4, 0.5) is 15.9 Å². The average molecular weight is 394 g/mol. The van der Waals surface area contributed by atoms with E-state index >= 15 is 0 Å². The minimum atomic E-state index is -0.411. The first kappa shape index (κ1) is 19.9. The maximum Gasteiger partial charge on any atom is 0.337 e. The topological polar surface area (TPSA) is 93.2 Å². The van der Waals surface area contributed by atoms with Crippen LogP contribution in [0.2, 0.25) is 0 Å². The second kappa shape index (κ2) is 9.41. The molecule has 0 saturated heterocycles. The Morgan fingerprint density at radius 3 is 2.34 bits per heavy atom. The lowest BCUT2D eigenvalue weighted by molar-refractivity contribution is 0.0600. The van der Waals surface area contributed by atoms with Gasteiger partial charge in [0, 0.05) is 12.2 Å². The number of hydrogen-bond acceptors (Lipinski definition) is 6. The molecule has 2 N–H and O–H groups in total. The monoisotopic (exact) mass is 394 g/mol. The number of aromatic nitrogens is 2. The van der Waals surface area contributed by atoms with Crippen molar-refractivity contribution in [2.75, 3.05) is 19.0 Å². The van der Waals surface area contributed by atoms with Crippen LogP contribution in [-0.4, -0.2) is 35.5 Å². The van der Waals surface area contributed by atoms with Gasteiger partial charge in [0.15, 0.2) is 0 Å². The van der Waals surface area contributed by atoms with Crippen molar-refractivity contribution in [3.8, 4) is 0 Å². The van der Waals surface area contributed by atoms with Gasteiger partial charge in [0.2, 0.25) is 0 Å². The molecule has 1 heterocycles. The number of carbonyl (C=O) groups is 2.